The van der Waals surface area contributed by atoms with E-state index in [2.05, 4.69) is 11.4 Å². The Hall–Kier alpha value is -0.540. The number of hydrogen-bond acceptors (Lipinski definition) is 2. The summed E-state index contributed by atoms with van der Waals surface area (Å²) < 4.78 is 0. The lowest BCUT2D eigenvalue weighted by Crippen LogP contribution is -2.36. The van der Waals surface area contributed by atoms with Gasteiger partial charge in [-0.3, -0.25) is 4.79 Å². The standard InChI is InChI=1S/C17H24ClNOS/c18-11-17(8-4-5-9-17)12-19-16(20)15-10-13-6-2-1-3-7-14(13)21-15/h10H,1-9,11-12H2,(H,19,20). The van der Waals surface area contributed by atoms with Crippen LogP contribution in [0, 0.1) is 5.41 Å². The summed E-state index contributed by atoms with van der Waals surface area (Å²) in [7, 11) is 0. The van der Waals surface area contributed by atoms with Crippen molar-refractivity contribution in [1.29, 1.82) is 0 Å². The molecule has 21 heavy (non-hydrogen) atoms. The van der Waals surface area contributed by atoms with Crippen LogP contribution < -0.4 is 5.32 Å². The fourth-order valence-electron chi connectivity index (χ4n) is 3.62. The number of thiophene rings is 1. The van der Waals surface area contributed by atoms with E-state index >= 15 is 0 Å². The van der Waals surface area contributed by atoms with Gasteiger partial charge in [0.1, 0.15) is 0 Å². The second-order valence-corrected chi connectivity index (χ2v) is 8.05. The second kappa shape index (κ2) is 6.70. The van der Waals surface area contributed by atoms with Crippen LogP contribution in [0.5, 0.6) is 0 Å². The monoisotopic (exact) mass is 325 g/mol. The molecule has 0 unspecified atom stereocenters. The highest BCUT2D eigenvalue weighted by Gasteiger charge is 2.33. The highest BCUT2D eigenvalue weighted by atomic mass is 35.5. The van der Waals surface area contributed by atoms with Crippen molar-refractivity contribution in [3.8, 4) is 0 Å². The first kappa shape index (κ1) is 15.4. The molecule has 0 aliphatic heterocycles. The number of amides is 1. The van der Waals surface area contributed by atoms with Crippen LogP contribution in [0.25, 0.3) is 0 Å². The maximum absolute atomic E-state index is 12.4. The van der Waals surface area contributed by atoms with Crippen molar-refractivity contribution in [2.24, 2.45) is 5.41 Å². The smallest absolute Gasteiger partial charge is 0.261 e. The second-order valence-electron chi connectivity index (χ2n) is 6.64. The first-order valence-electron chi connectivity index (χ1n) is 8.18. The van der Waals surface area contributed by atoms with Gasteiger partial charge < -0.3 is 5.32 Å². The fourth-order valence-corrected chi connectivity index (χ4v) is 5.15. The van der Waals surface area contributed by atoms with Crippen LogP contribution in [0.15, 0.2) is 6.07 Å². The van der Waals surface area contributed by atoms with E-state index in [-0.39, 0.29) is 11.3 Å². The van der Waals surface area contributed by atoms with Crippen LogP contribution in [-0.4, -0.2) is 18.3 Å². The quantitative estimate of drug-likeness (QED) is 0.638. The normalized spacial score (nSPS) is 20.8. The number of hydrogen-bond donors (Lipinski definition) is 1. The van der Waals surface area contributed by atoms with Crippen molar-refractivity contribution in [3.05, 3.63) is 21.4 Å². The van der Waals surface area contributed by atoms with E-state index in [1.165, 1.54) is 42.5 Å². The number of aryl methyl sites for hydroxylation is 2. The maximum atomic E-state index is 12.4. The van der Waals surface area contributed by atoms with Crippen LogP contribution in [-0.2, 0) is 12.8 Å². The van der Waals surface area contributed by atoms with E-state index in [9.17, 15) is 4.79 Å². The van der Waals surface area contributed by atoms with Crippen molar-refractivity contribution in [3.63, 3.8) is 0 Å². The van der Waals surface area contributed by atoms with Crippen LogP contribution in [0.4, 0.5) is 0 Å². The van der Waals surface area contributed by atoms with Crippen LogP contribution in [0.1, 0.15) is 65.1 Å². The van der Waals surface area contributed by atoms with E-state index in [0.29, 0.717) is 5.88 Å². The summed E-state index contributed by atoms with van der Waals surface area (Å²) in [5, 5.41) is 3.14. The number of fused-ring (bicyclic) bond motifs is 1. The summed E-state index contributed by atoms with van der Waals surface area (Å²) in [6, 6.07) is 2.13. The van der Waals surface area contributed by atoms with Crippen molar-refractivity contribution in [2.75, 3.05) is 12.4 Å². The van der Waals surface area contributed by atoms with Gasteiger partial charge in [-0.1, -0.05) is 19.3 Å². The number of rotatable bonds is 4. The minimum absolute atomic E-state index is 0.101. The molecule has 1 aromatic rings. The summed E-state index contributed by atoms with van der Waals surface area (Å²) in [6.45, 7) is 0.734. The number of halogens is 1. The van der Waals surface area contributed by atoms with E-state index in [0.717, 1.165) is 37.1 Å². The molecule has 2 aliphatic carbocycles. The Morgan fingerprint density at radius 3 is 2.71 bits per heavy atom. The molecule has 1 N–H and O–H groups in total. The Bertz CT molecular complexity index is 481. The van der Waals surface area contributed by atoms with Gasteiger partial charge in [0.15, 0.2) is 0 Å². The third-order valence-electron chi connectivity index (χ3n) is 5.04. The van der Waals surface area contributed by atoms with Gasteiger partial charge in [0.25, 0.3) is 5.91 Å². The molecule has 116 valence electrons. The molecule has 4 heteroatoms. The van der Waals surface area contributed by atoms with Gasteiger partial charge in [0.2, 0.25) is 0 Å². The molecule has 0 bridgehead atoms. The minimum atomic E-state index is 0.101. The molecule has 0 saturated heterocycles. The topological polar surface area (TPSA) is 29.1 Å². The first-order chi connectivity index (χ1) is 10.2. The van der Waals surface area contributed by atoms with E-state index in [4.69, 9.17) is 11.6 Å². The Morgan fingerprint density at radius 2 is 1.95 bits per heavy atom. The lowest BCUT2D eigenvalue weighted by molar-refractivity contribution is 0.0939. The van der Waals surface area contributed by atoms with Gasteiger partial charge in [0, 0.05) is 22.7 Å². The lowest BCUT2D eigenvalue weighted by Gasteiger charge is -2.26. The SMILES string of the molecule is O=C(NCC1(CCl)CCCC1)c1cc2c(s1)CCCCC2. The van der Waals surface area contributed by atoms with Gasteiger partial charge in [-0.15, -0.1) is 22.9 Å². The fraction of sp³-hybridized carbons (Fsp3) is 0.706. The number of alkyl halides is 1. The molecule has 1 amide bonds. The van der Waals surface area contributed by atoms with Crippen LogP contribution in [0.3, 0.4) is 0 Å². The Balaban J connectivity index is 1.63. The van der Waals surface area contributed by atoms with Crippen LogP contribution in [0.2, 0.25) is 0 Å². The molecule has 0 atom stereocenters. The molecule has 0 spiro atoms. The van der Waals surface area contributed by atoms with E-state index < -0.39 is 0 Å². The van der Waals surface area contributed by atoms with Gasteiger partial charge in [-0.2, -0.15) is 0 Å². The Labute approximate surface area is 136 Å². The largest absolute Gasteiger partial charge is 0.351 e. The minimum Gasteiger partial charge on any atom is -0.351 e. The summed E-state index contributed by atoms with van der Waals surface area (Å²) in [5.74, 6) is 0.762. The molecule has 1 fully saturated rings. The predicted molar refractivity (Wildman–Crippen MR) is 89.5 cm³/mol. The van der Waals surface area contributed by atoms with Crippen molar-refractivity contribution < 1.29 is 4.79 Å². The lowest BCUT2D eigenvalue weighted by atomic mass is 9.88. The highest BCUT2D eigenvalue weighted by Crippen LogP contribution is 2.38. The maximum Gasteiger partial charge on any atom is 0.261 e. The number of carbonyl (C=O) groups excluding carboxylic acids is 1. The zero-order chi connectivity index (χ0) is 14.7. The first-order valence-corrected chi connectivity index (χ1v) is 9.53. The highest BCUT2D eigenvalue weighted by molar-refractivity contribution is 7.14. The zero-order valence-corrected chi connectivity index (χ0v) is 14.1. The Morgan fingerprint density at radius 1 is 1.19 bits per heavy atom. The van der Waals surface area contributed by atoms with Crippen molar-refractivity contribution in [2.45, 2.75) is 57.8 Å². The van der Waals surface area contributed by atoms with Gasteiger partial charge in [-0.25, -0.2) is 0 Å². The van der Waals surface area contributed by atoms with Crippen LogP contribution >= 0.6 is 22.9 Å². The molecular formula is C17H24ClNOS. The molecule has 0 aromatic carbocycles. The average molecular weight is 326 g/mol. The van der Waals surface area contributed by atoms with Crippen molar-refractivity contribution in [1.82, 2.24) is 5.32 Å². The number of nitrogens with one attached hydrogen (secondary N) is 1. The number of carbonyl (C=O) groups is 1. The van der Waals surface area contributed by atoms with Gasteiger partial charge in [-0.05, 0) is 50.2 Å². The van der Waals surface area contributed by atoms with Gasteiger partial charge in [0.05, 0.1) is 4.88 Å². The molecule has 2 nitrogen and oxygen atoms in total. The van der Waals surface area contributed by atoms with Gasteiger partial charge >= 0.3 is 0 Å². The Kier molecular flexibility index (Phi) is 4.90. The molecule has 1 aromatic heterocycles. The average Bonchev–Trinajstić information content (AvgIpc) is 3.08. The summed E-state index contributed by atoms with van der Waals surface area (Å²) in [5.41, 5.74) is 1.56. The third-order valence-corrected chi connectivity index (χ3v) is 6.84. The third kappa shape index (κ3) is 3.45. The van der Waals surface area contributed by atoms with E-state index in [1.54, 1.807) is 11.3 Å². The molecule has 3 rings (SSSR count). The predicted octanol–water partition coefficient (Wildman–Crippen LogP) is 4.55. The molecule has 1 heterocycles. The summed E-state index contributed by atoms with van der Waals surface area (Å²) in [4.78, 5) is 14.7. The summed E-state index contributed by atoms with van der Waals surface area (Å²) >= 11 is 7.85. The molecule has 2 aliphatic rings. The molecule has 1 saturated carbocycles. The molecule has 0 radical (unpaired) electrons. The van der Waals surface area contributed by atoms with Crippen molar-refractivity contribution >= 4 is 28.8 Å². The summed E-state index contributed by atoms with van der Waals surface area (Å²) in [6.07, 6.45) is 10.9. The molecular weight excluding hydrogens is 302 g/mol. The van der Waals surface area contributed by atoms with E-state index in [1.807, 2.05) is 0 Å². The zero-order valence-electron chi connectivity index (χ0n) is 12.5.